The second-order valence-corrected chi connectivity index (χ2v) is 5.78. The Morgan fingerprint density at radius 3 is 2.24 bits per heavy atom. The first-order chi connectivity index (χ1) is 10.2. The van der Waals surface area contributed by atoms with E-state index < -0.39 is 0 Å². The number of nitrogens with zero attached hydrogens (tertiary/aromatic N) is 3. The van der Waals surface area contributed by atoms with Crippen molar-refractivity contribution in [2.24, 2.45) is 0 Å². The maximum Gasteiger partial charge on any atom is 0.269 e. The molecule has 0 bridgehead atoms. The highest BCUT2D eigenvalue weighted by atomic mass is 16.6. The molecule has 1 N–H and O–H groups in total. The van der Waals surface area contributed by atoms with Gasteiger partial charge in [-0.2, -0.15) is 0 Å². The van der Waals surface area contributed by atoms with E-state index in [0.717, 1.165) is 51.0 Å². The zero-order valence-electron chi connectivity index (χ0n) is 12.2. The van der Waals surface area contributed by atoms with Crippen LogP contribution in [-0.4, -0.2) is 55.1 Å². The Kier molecular flexibility index (Phi) is 4.36. The van der Waals surface area contributed by atoms with Crippen LogP contribution < -0.4 is 10.2 Å². The quantitative estimate of drug-likeness (QED) is 0.675. The minimum absolute atomic E-state index is 0.159. The van der Waals surface area contributed by atoms with Gasteiger partial charge in [-0.25, -0.2) is 0 Å². The third-order valence-corrected chi connectivity index (χ3v) is 4.57. The average molecular weight is 290 g/mol. The molecule has 21 heavy (non-hydrogen) atoms. The lowest BCUT2D eigenvalue weighted by molar-refractivity contribution is -0.384. The number of nitro benzene ring substituents is 1. The third-order valence-electron chi connectivity index (χ3n) is 4.57. The largest absolute Gasteiger partial charge is 0.369 e. The Morgan fingerprint density at radius 1 is 1.05 bits per heavy atom. The fraction of sp³-hybridized carbons (Fsp3) is 0.600. The molecule has 0 aromatic heterocycles. The van der Waals surface area contributed by atoms with Gasteiger partial charge in [0.1, 0.15) is 0 Å². The summed E-state index contributed by atoms with van der Waals surface area (Å²) in [5.74, 6) is 0. The molecule has 2 aliphatic heterocycles. The molecule has 0 amide bonds. The number of anilines is 1. The van der Waals surface area contributed by atoms with Crippen LogP contribution in [0.25, 0.3) is 0 Å². The molecule has 0 saturated carbocycles. The Hall–Kier alpha value is -1.66. The van der Waals surface area contributed by atoms with Gasteiger partial charge >= 0.3 is 0 Å². The first kappa shape index (κ1) is 14.3. The number of benzene rings is 1. The lowest BCUT2D eigenvalue weighted by Crippen LogP contribution is -2.52. The normalized spacial score (nSPS) is 21.4. The first-order valence-electron chi connectivity index (χ1n) is 7.68. The van der Waals surface area contributed by atoms with E-state index in [2.05, 4.69) is 15.1 Å². The van der Waals surface area contributed by atoms with Crippen molar-refractivity contribution in [3.05, 3.63) is 34.4 Å². The van der Waals surface area contributed by atoms with Gasteiger partial charge < -0.3 is 10.2 Å². The third kappa shape index (κ3) is 3.33. The van der Waals surface area contributed by atoms with Crippen molar-refractivity contribution in [2.45, 2.75) is 18.9 Å². The molecule has 6 heteroatoms. The number of hydrogen-bond acceptors (Lipinski definition) is 5. The molecule has 0 radical (unpaired) electrons. The minimum atomic E-state index is -0.348. The molecule has 0 aliphatic carbocycles. The second kappa shape index (κ2) is 6.41. The fourth-order valence-electron chi connectivity index (χ4n) is 3.30. The summed E-state index contributed by atoms with van der Waals surface area (Å²) in [4.78, 5) is 15.3. The van der Waals surface area contributed by atoms with Gasteiger partial charge in [-0.15, -0.1) is 0 Å². The number of nitrogens with one attached hydrogen (secondary N) is 1. The van der Waals surface area contributed by atoms with Gasteiger partial charge in [0.25, 0.3) is 5.69 Å². The van der Waals surface area contributed by atoms with E-state index >= 15 is 0 Å². The molecule has 6 nitrogen and oxygen atoms in total. The van der Waals surface area contributed by atoms with Gasteiger partial charge in [-0.1, -0.05) is 0 Å². The van der Waals surface area contributed by atoms with Crippen LogP contribution in [0.4, 0.5) is 11.4 Å². The van der Waals surface area contributed by atoms with Crippen molar-refractivity contribution < 1.29 is 4.92 Å². The van der Waals surface area contributed by atoms with Crippen molar-refractivity contribution in [3.8, 4) is 0 Å². The number of nitro groups is 1. The van der Waals surface area contributed by atoms with Crippen LogP contribution in [0.3, 0.4) is 0 Å². The Bertz CT molecular complexity index is 477. The average Bonchev–Trinajstić information content (AvgIpc) is 2.56. The van der Waals surface area contributed by atoms with E-state index in [4.69, 9.17) is 0 Å². The van der Waals surface area contributed by atoms with Gasteiger partial charge in [0.15, 0.2) is 0 Å². The highest BCUT2D eigenvalue weighted by Gasteiger charge is 2.25. The summed E-state index contributed by atoms with van der Waals surface area (Å²) in [6, 6.07) is 7.63. The Labute approximate surface area is 124 Å². The SMILES string of the molecule is O=[N+]([O-])c1ccc(N2CCN(C3CCNCC3)CC2)cc1. The van der Waals surface area contributed by atoms with Crippen molar-refractivity contribution in [1.82, 2.24) is 10.2 Å². The van der Waals surface area contributed by atoms with Crippen LogP contribution in [0.15, 0.2) is 24.3 Å². The molecule has 1 aromatic carbocycles. The summed E-state index contributed by atoms with van der Waals surface area (Å²) < 4.78 is 0. The zero-order chi connectivity index (χ0) is 14.7. The summed E-state index contributed by atoms with van der Waals surface area (Å²) >= 11 is 0. The van der Waals surface area contributed by atoms with Crippen molar-refractivity contribution >= 4 is 11.4 Å². The van der Waals surface area contributed by atoms with Crippen molar-refractivity contribution in [3.63, 3.8) is 0 Å². The molecule has 0 unspecified atom stereocenters. The van der Waals surface area contributed by atoms with Crippen LogP contribution in [0, 0.1) is 10.1 Å². The lowest BCUT2D eigenvalue weighted by Gasteiger charge is -2.41. The molecule has 3 rings (SSSR count). The first-order valence-corrected chi connectivity index (χ1v) is 7.68. The van der Waals surface area contributed by atoms with E-state index in [1.54, 1.807) is 12.1 Å². The predicted octanol–water partition coefficient (Wildman–Crippen LogP) is 1.47. The summed E-state index contributed by atoms with van der Waals surface area (Å²) in [5.41, 5.74) is 1.25. The maximum absolute atomic E-state index is 10.7. The summed E-state index contributed by atoms with van der Waals surface area (Å²) in [5, 5.41) is 14.1. The number of rotatable bonds is 3. The van der Waals surface area contributed by atoms with E-state index in [0.29, 0.717) is 0 Å². The Morgan fingerprint density at radius 2 is 1.67 bits per heavy atom. The van der Waals surface area contributed by atoms with E-state index in [1.165, 1.54) is 12.8 Å². The standard InChI is InChI=1S/C15H22N4O2/c20-19(21)15-3-1-13(2-4-15)17-9-11-18(12-10-17)14-5-7-16-8-6-14/h1-4,14,16H,5-12H2. The summed E-state index contributed by atoms with van der Waals surface area (Å²) in [7, 11) is 0. The van der Waals surface area contributed by atoms with Gasteiger partial charge in [0.2, 0.25) is 0 Å². The smallest absolute Gasteiger partial charge is 0.269 e. The Balaban J connectivity index is 1.56. The predicted molar refractivity (Wildman–Crippen MR) is 82.8 cm³/mol. The number of hydrogen-bond donors (Lipinski definition) is 1. The van der Waals surface area contributed by atoms with E-state index in [1.807, 2.05) is 12.1 Å². The molecule has 0 atom stereocenters. The summed E-state index contributed by atoms with van der Waals surface area (Å²) in [6.07, 6.45) is 2.50. The molecule has 2 fully saturated rings. The van der Waals surface area contributed by atoms with Gasteiger partial charge in [-0.05, 0) is 38.1 Å². The zero-order valence-corrected chi connectivity index (χ0v) is 12.2. The topological polar surface area (TPSA) is 61.7 Å². The molecule has 2 saturated heterocycles. The molecular formula is C15H22N4O2. The molecule has 1 aromatic rings. The number of piperazine rings is 1. The van der Waals surface area contributed by atoms with E-state index in [9.17, 15) is 10.1 Å². The van der Waals surface area contributed by atoms with Crippen LogP contribution in [0.1, 0.15) is 12.8 Å². The van der Waals surface area contributed by atoms with Crippen molar-refractivity contribution in [2.75, 3.05) is 44.2 Å². The van der Waals surface area contributed by atoms with Gasteiger partial charge in [0.05, 0.1) is 4.92 Å². The fourth-order valence-corrected chi connectivity index (χ4v) is 3.30. The lowest BCUT2D eigenvalue weighted by atomic mass is 10.0. The molecule has 0 spiro atoms. The molecule has 2 heterocycles. The molecular weight excluding hydrogens is 268 g/mol. The summed E-state index contributed by atoms with van der Waals surface area (Å²) in [6.45, 7) is 6.44. The van der Waals surface area contributed by atoms with Crippen LogP contribution in [0.2, 0.25) is 0 Å². The highest BCUT2D eigenvalue weighted by molar-refractivity contribution is 5.51. The monoisotopic (exact) mass is 290 g/mol. The molecule has 114 valence electrons. The highest BCUT2D eigenvalue weighted by Crippen LogP contribution is 2.22. The van der Waals surface area contributed by atoms with Gasteiger partial charge in [0, 0.05) is 50.0 Å². The number of non-ortho nitro benzene ring substituents is 1. The number of piperidine rings is 1. The van der Waals surface area contributed by atoms with Gasteiger partial charge in [-0.3, -0.25) is 15.0 Å². The van der Waals surface area contributed by atoms with Crippen LogP contribution >= 0.6 is 0 Å². The van der Waals surface area contributed by atoms with Crippen LogP contribution in [0.5, 0.6) is 0 Å². The minimum Gasteiger partial charge on any atom is -0.369 e. The molecule has 2 aliphatic rings. The van der Waals surface area contributed by atoms with E-state index in [-0.39, 0.29) is 10.6 Å². The maximum atomic E-state index is 10.7. The second-order valence-electron chi connectivity index (χ2n) is 5.78. The van der Waals surface area contributed by atoms with Crippen LogP contribution in [-0.2, 0) is 0 Å². The van der Waals surface area contributed by atoms with Crippen molar-refractivity contribution in [1.29, 1.82) is 0 Å².